The first-order chi connectivity index (χ1) is 9.54. The Morgan fingerprint density at radius 2 is 1.00 bits per heavy atom. The molecule has 0 saturated carbocycles. The predicted molar refractivity (Wildman–Crippen MR) is 89.0 cm³/mol. The number of hydrogen-bond donors (Lipinski definition) is 0. The third-order valence-electron chi connectivity index (χ3n) is 2.71. The van der Waals surface area contributed by atoms with Crippen molar-refractivity contribution in [2.75, 3.05) is 0 Å². The summed E-state index contributed by atoms with van der Waals surface area (Å²) in [6, 6.07) is 0. The van der Waals surface area contributed by atoms with E-state index in [0.29, 0.717) is 0 Å². The molecular formula is C16H36O4Sn. The summed E-state index contributed by atoms with van der Waals surface area (Å²) in [5.74, 6) is 0. The van der Waals surface area contributed by atoms with Crippen molar-refractivity contribution in [1.82, 2.24) is 0 Å². The van der Waals surface area contributed by atoms with Crippen LogP contribution in [0, 0.1) is 0 Å². The summed E-state index contributed by atoms with van der Waals surface area (Å²) in [6.45, 7) is 16.3. The van der Waals surface area contributed by atoms with E-state index in [-0.39, 0.29) is 11.2 Å². The molecule has 21 heavy (non-hydrogen) atoms. The van der Waals surface area contributed by atoms with E-state index in [1.807, 2.05) is 41.5 Å². The molecule has 0 aromatic rings. The van der Waals surface area contributed by atoms with Gasteiger partial charge in [-0.25, -0.2) is 0 Å². The molecule has 5 heteroatoms. The third kappa shape index (κ3) is 11.8. The molecule has 128 valence electrons. The monoisotopic (exact) mass is 412 g/mol. The molecule has 0 aromatic carbocycles. The minimum atomic E-state index is -3.36. The van der Waals surface area contributed by atoms with Crippen LogP contribution in [0.4, 0.5) is 0 Å². The van der Waals surface area contributed by atoms with E-state index in [0.717, 1.165) is 34.6 Å². The fourth-order valence-electron chi connectivity index (χ4n) is 1.60. The zero-order valence-corrected chi connectivity index (χ0v) is 18.2. The van der Waals surface area contributed by atoms with Crippen molar-refractivity contribution in [3.63, 3.8) is 0 Å². The van der Waals surface area contributed by atoms with Gasteiger partial charge in [-0.1, -0.05) is 0 Å². The van der Waals surface area contributed by atoms with Gasteiger partial charge in [-0.2, -0.15) is 0 Å². The normalized spacial score (nSPS) is 13.7. The van der Waals surface area contributed by atoms with Crippen LogP contribution in [0.5, 0.6) is 0 Å². The Bertz CT molecular complexity index is 240. The van der Waals surface area contributed by atoms with Crippen LogP contribution in [0.2, 0.25) is 8.87 Å². The second kappa shape index (κ2) is 9.71. The number of rotatable bonds is 10. The SMILES string of the molecule is CCC[CH2][Sn]([CH2]CCC)([O]OC(C)(C)C)[O]OC(C)(C)C. The fraction of sp³-hybridized carbons (Fsp3) is 1.00. The van der Waals surface area contributed by atoms with Crippen molar-refractivity contribution in [1.29, 1.82) is 0 Å². The summed E-state index contributed by atoms with van der Waals surface area (Å²) in [5, 5.41) is 0. The molecule has 0 aromatic heterocycles. The second-order valence-corrected chi connectivity index (χ2v) is 16.7. The van der Waals surface area contributed by atoms with E-state index in [1.165, 1.54) is 0 Å². The van der Waals surface area contributed by atoms with Crippen molar-refractivity contribution in [2.45, 2.75) is 101 Å². The Balaban J connectivity index is 4.91. The van der Waals surface area contributed by atoms with E-state index in [2.05, 4.69) is 13.8 Å². The molecule has 0 heterocycles. The quantitative estimate of drug-likeness (QED) is 0.270. The average Bonchev–Trinajstić information content (AvgIpc) is 2.35. The molecule has 0 N–H and O–H groups in total. The van der Waals surface area contributed by atoms with E-state index in [4.69, 9.17) is 16.2 Å². The van der Waals surface area contributed by atoms with Crippen molar-refractivity contribution < 1.29 is 16.2 Å². The summed E-state index contributed by atoms with van der Waals surface area (Å²) in [7, 11) is 0. The molecule has 0 rings (SSSR count). The first kappa shape index (κ1) is 21.6. The van der Waals surface area contributed by atoms with Gasteiger partial charge in [0.15, 0.2) is 0 Å². The first-order valence-electron chi connectivity index (χ1n) is 8.27. The van der Waals surface area contributed by atoms with Gasteiger partial charge in [0.25, 0.3) is 0 Å². The summed E-state index contributed by atoms with van der Waals surface area (Å²) < 4.78 is 13.9. The van der Waals surface area contributed by atoms with E-state index in [9.17, 15) is 0 Å². The van der Waals surface area contributed by atoms with Gasteiger partial charge in [0.2, 0.25) is 0 Å². The van der Waals surface area contributed by atoms with E-state index in [1.54, 1.807) is 0 Å². The van der Waals surface area contributed by atoms with Crippen LogP contribution in [0.25, 0.3) is 0 Å². The molecule has 0 fully saturated rings. The topological polar surface area (TPSA) is 36.9 Å². The molecule has 0 aliphatic heterocycles. The maximum absolute atomic E-state index is 5.96. The van der Waals surface area contributed by atoms with Crippen molar-refractivity contribution in [3.05, 3.63) is 0 Å². The molecule has 0 unspecified atom stereocenters. The van der Waals surface area contributed by atoms with Gasteiger partial charge >= 0.3 is 137 Å². The van der Waals surface area contributed by atoms with Crippen LogP contribution in [-0.2, 0) is 16.2 Å². The zero-order chi connectivity index (χ0) is 16.6. The van der Waals surface area contributed by atoms with Crippen LogP contribution in [0.1, 0.15) is 81.1 Å². The Kier molecular flexibility index (Phi) is 10.0. The first-order valence-corrected chi connectivity index (χ1v) is 14.6. The van der Waals surface area contributed by atoms with Crippen LogP contribution < -0.4 is 0 Å². The van der Waals surface area contributed by atoms with Crippen LogP contribution in [-0.4, -0.2) is 30.4 Å². The molecule has 0 amide bonds. The summed E-state index contributed by atoms with van der Waals surface area (Å²) in [5.41, 5.74) is -0.655. The van der Waals surface area contributed by atoms with Crippen molar-refractivity contribution in [2.24, 2.45) is 0 Å². The Hall–Kier alpha value is 0.639. The Morgan fingerprint density at radius 1 is 0.667 bits per heavy atom. The number of unbranched alkanes of at least 4 members (excludes halogenated alkanes) is 2. The zero-order valence-electron chi connectivity index (χ0n) is 15.4. The van der Waals surface area contributed by atoms with Gasteiger partial charge in [-0.3, -0.25) is 0 Å². The summed E-state index contributed by atoms with van der Waals surface area (Å²) in [6.07, 6.45) is 4.45. The third-order valence-corrected chi connectivity index (χ3v) is 11.3. The molecular weight excluding hydrogens is 375 g/mol. The molecule has 0 radical (unpaired) electrons. The molecule has 0 atom stereocenters. The molecule has 4 nitrogen and oxygen atoms in total. The maximum atomic E-state index is 5.96. The molecule has 0 aliphatic carbocycles. The Labute approximate surface area is 136 Å². The minimum absolute atomic E-state index is 0.328. The van der Waals surface area contributed by atoms with Gasteiger partial charge in [0, 0.05) is 0 Å². The molecule has 0 spiro atoms. The van der Waals surface area contributed by atoms with Crippen molar-refractivity contribution in [3.8, 4) is 0 Å². The fourth-order valence-corrected chi connectivity index (χ4v) is 10.7. The van der Waals surface area contributed by atoms with Gasteiger partial charge in [-0.15, -0.1) is 0 Å². The van der Waals surface area contributed by atoms with E-state index < -0.39 is 19.2 Å². The molecule has 0 aliphatic rings. The summed E-state index contributed by atoms with van der Waals surface area (Å²) in [4.78, 5) is 11.3. The van der Waals surface area contributed by atoms with Gasteiger partial charge < -0.3 is 0 Å². The number of hydrogen-bond acceptors (Lipinski definition) is 4. The van der Waals surface area contributed by atoms with Crippen LogP contribution in [0.3, 0.4) is 0 Å². The second-order valence-electron chi connectivity index (χ2n) is 7.68. The average molecular weight is 411 g/mol. The Morgan fingerprint density at radius 3 is 1.24 bits per heavy atom. The summed E-state index contributed by atoms with van der Waals surface area (Å²) >= 11 is -3.36. The van der Waals surface area contributed by atoms with Crippen molar-refractivity contribution >= 4 is 19.2 Å². The van der Waals surface area contributed by atoms with Crippen LogP contribution >= 0.6 is 0 Å². The molecule has 0 saturated heterocycles. The van der Waals surface area contributed by atoms with Gasteiger partial charge in [0.05, 0.1) is 0 Å². The van der Waals surface area contributed by atoms with Gasteiger partial charge in [0.1, 0.15) is 0 Å². The standard InChI is InChI=1S/2C4H10O2.2C4H9.Sn/c2*1-4(2,3)6-5;2*1-3-4-2;/h2*5H,1-3H3;2*1,3-4H2,2H3;/q;;;;+2/p-2. The van der Waals surface area contributed by atoms with Gasteiger partial charge in [-0.05, 0) is 0 Å². The molecule has 0 bridgehead atoms. The predicted octanol–water partition coefficient (Wildman–Crippen LogP) is 5.52. The van der Waals surface area contributed by atoms with Crippen LogP contribution in [0.15, 0.2) is 0 Å². The van der Waals surface area contributed by atoms with E-state index >= 15 is 0 Å².